The number of hydrogen-bond acceptors (Lipinski definition) is 5. The van der Waals surface area contributed by atoms with Gasteiger partial charge in [0.2, 0.25) is 5.89 Å². The maximum absolute atomic E-state index is 5.42. The van der Waals surface area contributed by atoms with E-state index in [-0.39, 0.29) is 6.04 Å². The van der Waals surface area contributed by atoms with Crippen molar-refractivity contribution in [3.05, 3.63) is 11.7 Å². The maximum Gasteiger partial charge on any atom is 0.243 e. The molecule has 0 unspecified atom stereocenters. The third kappa shape index (κ3) is 2.42. The number of piperazine rings is 1. The van der Waals surface area contributed by atoms with Crippen LogP contribution < -0.4 is 0 Å². The van der Waals surface area contributed by atoms with Gasteiger partial charge in [0.05, 0.1) is 6.04 Å². The summed E-state index contributed by atoms with van der Waals surface area (Å²) in [5.41, 5.74) is 0. The van der Waals surface area contributed by atoms with Crippen molar-refractivity contribution in [2.75, 3.05) is 32.7 Å². The molecule has 0 N–H and O–H groups in total. The zero-order valence-corrected chi connectivity index (χ0v) is 11.3. The van der Waals surface area contributed by atoms with Crippen LogP contribution in [-0.4, -0.2) is 52.7 Å². The predicted molar refractivity (Wildman–Crippen MR) is 68.4 cm³/mol. The van der Waals surface area contributed by atoms with Gasteiger partial charge in [-0.2, -0.15) is 4.98 Å². The monoisotopic (exact) mass is 250 g/mol. The lowest BCUT2D eigenvalue weighted by molar-refractivity contribution is 0.0914. The van der Waals surface area contributed by atoms with Crippen LogP contribution >= 0.6 is 0 Å². The van der Waals surface area contributed by atoms with E-state index in [0.29, 0.717) is 5.92 Å². The summed E-state index contributed by atoms with van der Waals surface area (Å²) in [6.07, 6.45) is 2.45. The minimum Gasteiger partial charge on any atom is -0.338 e. The molecule has 0 radical (unpaired) electrons. The molecule has 3 rings (SSSR count). The molecule has 0 amide bonds. The zero-order valence-electron chi connectivity index (χ0n) is 11.3. The lowest BCUT2D eigenvalue weighted by Crippen LogP contribution is -2.46. The summed E-state index contributed by atoms with van der Waals surface area (Å²) >= 11 is 0. The molecule has 1 aliphatic carbocycles. The lowest BCUT2D eigenvalue weighted by atomic mass is 10.2. The average molecular weight is 250 g/mol. The molecule has 1 aromatic rings. The number of rotatable bonds is 4. The second kappa shape index (κ2) is 4.97. The van der Waals surface area contributed by atoms with E-state index in [9.17, 15) is 0 Å². The highest BCUT2D eigenvalue weighted by molar-refractivity contribution is 5.04. The molecule has 1 aromatic heterocycles. The van der Waals surface area contributed by atoms with E-state index in [4.69, 9.17) is 4.52 Å². The van der Waals surface area contributed by atoms with Crippen LogP contribution in [0.5, 0.6) is 0 Å². The van der Waals surface area contributed by atoms with Gasteiger partial charge in [-0.1, -0.05) is 12.1 Å². The maximum atomic E-state index is 5.42. The van der Waals surface area contributed by atoms with E-state index in [1.807, 2.05) is 0 Å². The Morgan fingerprint density at radius 1 is 1.28 bits per heavy atom. The van der Waals surface area contributed by atoms with Gasteiger partial charge in [0, 0.05) is 32.1 Å². The molecule has 18 heavy (non-hydrogen) atoms. The van der Waals surface area contributed by atoms with Crippen molar-refractivity contribution in [2.45, 2.75) is 38.6 Å². The SMILES string of the molecule is CCN1CCN([C@@H](C)c2nc(C3CC3)no2)CC1. The Morgan fingerprint density at radius 3 is 2.61 bits per heavy atom. The Labute approximate surface area is 108 Å². The van der Waals surface area contributed by atoms with Crippen molar-refractivity contribution in [1.29, 1.82) is 0 Å². The highest BCUT2D eigenvalue weighted by Gasteiger charge is 2.31. The first-order chi connectivity index (χ1) is 8.78. The fourth-order valence-corrected chi connectivity index (χ4v) is 2.55. The number of aromatic nitrogens is 2. The summed E-state index contributed by atoms with van der Waals surface area (Å²) in [5, 5.41) is 4.10. The van der Waals surface area contributed by atoms with Crippen LogP contribution in [-0.2, 0) is 0 Å². The van der Waals surface area contributed by atoms with Crippen molar-refractivity contribution < 1.29 is 4.52 Å². The van der Waals surface area contributed by atoms with Crippen LogP contribution in [0.15, 0.2) is 4.52 Å². The summed E-state index contributed by atoms with van der Waals surface area (Å²) < 4.78 is 5.42. The number of hydrogen-bond donors (Lipinski definition) is 0. The van der Waals surface area contributed by atoms with Crippen LogP contribution in [0.25, 0.3) is 0 Å². The molecular formula is C13H22N4O. The van der Waals surface area contributed by atoms with Crippen molar-refractivity contribution in [2.24, 2.45) is 0 Å². The highest BCUT2D eigenvalue weighted by atomic mass is 16.5. The van der Waals surface area contributed by atoms with E-state index < -0.39 is 0 Å². The minimum atomic E-state index is 0.254. The van der Waals surface area contributed by atoms with Crippen molar-refractivity contribution in [3.63, 3.8) is 0 Å². The molecule has 1 saturated carbocycles. The summed E-state index contributed by atoms with van der Waals surface area (Å²) in [6, 6.07) is 0.254. The summed E-state index contributed by atoms with van der Waals surface area (Å²) in [6.45, 7) is 10.0. The molecule has 5 heteroatoms. The van der Waals surface area contributed by atoms with Crippen molar-refractivity contribution >= 4 is 0 Å². The van der Waals surface area contributed by atoms with Crippen molar-refractivity contribution in [1.82, 2.24) is 19.9 Å². The van der Waals surface area contributed by atoms with Crippen LogP contribution in [0.3, 0.4) is 0 Å². The molecule has 0 aromatic carbocycles. The molecule has 2 aliphatic rings. The zero-order chi connectivity index (χ0) is 12.5. The third-order valence-electron chi connectivity index (χ3n) is 4.16. The molecule has 1 aliphatic heterocycles. The standard InChI is InChI=1S/C13H22N4O/c1-3-16-6-8-17(9-7-16)10(2)13-14-12(15-18-13)11-4-5-11/h10-11H,3-9H2,1-2H3/t10-/m0/s1. The first-order valence-corrected chi connectivity index (χ1v) is 7.08. The molecule has 2 heterocycles. The number of likely N-dealkylation sites (N-methyl/N-ethyl adjacent to an activating group) is 1. The van der Waals surface area contributed by atoms with Gasteiger partial charge >= 0.3 is 0 Å². The minimum absolute atomic E-state index is 0.254. The molecule has 100 valence electrons. The quantitative estimate of drug-likeness (QED) is 0.813. The molecule has 0 bridgehead atoms. The topological polar surface area (TPSA) is 45.4 Å². The van der Waals surface area contributed by atoms with Crippen LogP contribution in [0.1, 0.15) is 50.4 Å². The Morgan fingerprint density at radius 2 is 2.00 bits per heavy atom. The van der Waals surface area contributed by atoms with Gasteiger partial charge in [-0.15, -0.1) is 0 Å². The third-order valence-corrected chi connectivity index (χ3v) is 4.16. The Kier molecular flexibility index (Phi) is 3.35. The van der Waals surface area contributed by atoms with E-state index in [1.165, 1.54) is 12.8 Å². The van der Waals surface area contributed by atoms with Crippen LogP contribution in [0, 0.1) is 0 Å². The Hall–Kier alpha value is -0.940. The normalized spacial score (nSPS) is 24.3. The van der Waals surface area contributed by atoms with Gasteiger partial charge in [-0.3, -0.25) is 4.90 Å². The Bertz CT molecular complexity index is 393. The van der Waals surface area contributed by atoms with Gasteiger partial charge in [0.25, 0.3) is 0 Å². The number of nitrogens with zero attached hydrogens (tertiary/aromatic N) is 4. The van der Waals surface area contributed by atoms with E-state index in [0.717, 1.165) is 44.4 Å². The van der Waals surface area contributed by atoms with Gasteiger partial charge in [-0.25, -0.2) is 0 Å². The highest BCUT2D eigenvalue weighted by Crippen LogP contribution is 2.38. The van der Waals surface area contributed by atoms with Crippen LogP contribution in [0.2, 0.25) is 0 Å². The first-order valence-electron chi connectivity index (χ1n) is 7.08. The molecule has 5 nitrogen and oxygen atoms in total. The molecule has 2 fully saturated rings. The average Bonchev–Trinajstić information content (AvgIpc) is 3.16. The lowest BCUT2D eigenvalue weighted by Gasteiger charge is -2.36. The van der Waals surface area contributed by atoms with E-state index >= 15 is 0 Å². The van der Waals surface area contributed by atoms with Gasteiger partial charge in [0.1, 0.15) is 0 Å². The second-order valence-corrected chi connectivity index (χ2v) is 5.41. The van der Waals surface area contributed by atoms with Gasteiger partial charge in [-0.05, 0) is 26.3 Å². The molecule has 1 saturated heterocycles. The Balaban J connectivity index is 1.61. The fraction of sp³-hybridized carbons (Fsp3) is 0.846. The molecular weight excluding hydrogens is 228 g/mol. The summed E-state index contributed by atoms with van der Waals surface area (Å²) in [5.74, 6) is 2.29. The smallest absolute Gasteiger partial charge is 0.243 e. The fourth-order valence-electron chi connectivity index (χ4n) is 2.55. The predicted octanol–water partition coefficient (Wildman–Crippen LogP) is 1.65. The van der Waals surface area contributed by atoms with E-state index in [1.54, 1.807) is 0 Å². The summed E-state index contributed by atoms with van der Waals surface area (Å²) in [4.78, 5) is 9.47. The molecule has 1 atom stereocenters. The first kappa shape index (κ1) is 12.1. The van der Waals surface area contributed by atoms with Crippen molar-refractivity contribution in [3.8, 4) is 0 Å². The van der Waals surface area contributed by atoms with E-state index in [2.05, 4.69) is 33.8 Å². The summed E-state index contributed by atoms with van der Waals surface area (Å²) in [7, 11) is 0. The van der Waals surface area contributed by atoms with Gasteiger partial charge in [0.15, 0.2) is 5.82 Å². The van der Waals surface area contributed by atoms with Gasteiger partial charge < -0.3 is 9.42 Å². The largest absolute Gasteiger partial charge is 0.338 e. The van der Waals surface area contributed by atoms with Crippen LogP contribution in [0.4, 0.5) is 0 Å². The molecule has 0 spiro atoms. The second-order valence-electron chi connectivity index (χ2n) is 5.41.